The molecule has 0 radical (unpaired) electrons. The van der Waals surface area contributed by atoms with Crippen molar-refractivity contribution >= 4 is 11.9 Å². The van der Waals surface area contributed by atoms with Gasteiger partial charge in [0.25, 0.3) is 0 Å². The molecule has 2 saturated heterocycles. The molecule has 0 unspecified atom stereocenters. The van der Waals surface area contributed by atoms with Crippen LogP contribution in [0.1, 0.15) is 65.5 Å². The van der Waals surface area contributed by atoms with Crippen LogP contribution >= 0.6 is 0 Å². The van der Waals surface area contributed by atoms with E-state index >= 15 is 0 Å². The van der Waals surface area contributed by atoms with Gasteiger partial charge in [0.2, 0.25) is 0 Å². The molecule has 2 heterocycles. The minimum Gasteiger partial charge on any atom is -0.459 e. The van der Waals surface area contributed by atoms with Gasteiger partial charge in [0.05, 0.1) is 32.8 Å². The topological polar surface area (TPSA) is 93.2 Å². The van der Waals surface area contributed by atoms with Crippen LogP contribution < -0.4 is 0 Å². The molecule has 0 N–H and O–H groups in total. The SMILES string of the molecule is CC(C)(C)OC(=O)CN1CCN(CC(=O)OC(C)(C)C)CCN(Cc2ccc(CCOCON3CCCCO3)cc2)CC1. The highest BCUT2D eigenvalue weighted by atomic mass is 17.0. The predicted octanol–water partition coefficient (Wildman–Crippen LogP) is 3.27. The average molecular weight is 607 g/mol. The van der Waals surface area contributed by atoms with E-state index in [0.717, 1.165) is 58.5 Å². The summed E-state index contributed by atoms with van der Waals surface area (Å²) < 4.78 is 16.8. The first-order valence-electron chi connectivity index (χ1n) is 15.6. The number of hydrogen-bond donors (Lipinski definition) is 0. The predicted molar refractivity (Wildman–Crippen MR) is 164 cm³/mol. The molecule has 0 aliphatic carbocycles. The Morgan fingerprint density at radius 2 is 1.23 bits per heavy atom. The van der Waals surface area contributed by atoms with E-state index in [0.29, 0.717) is 26.3 Å². The fourth-order valence-corrected chi connectivity index (χ4v) is 4.86. The first-order valence-corrected chi connectivity index (χ1v) is 15.6. The number of nitrogens with zero attached hydrogens (tertiary/aromatic N) is 4. The van der Waals surface area contributed by atoms with E-state index < -0.39 is 11.2 Å². The normalized spacial score (nSPS) is 18.9. The second-order valence-corrected chi connectivity index (χ2v) is 13.3. The maximum Gasteiger partial charge on any atom is 0.320 e. The summed E-state index contributed by atoms with van der Waals surface area (Å²) in [6.07, 6.45) is 2.93. The molecular formula is C32H54N4O7. The van der Waals surface area contributed by atoms with Gasteiger partial charge in [0, 0.05) is 45.8 Å². The molecule has 244 valence electrons. The van der Waals surface area contributed by atoms with E-state index in [-0.39, 0.29) is 31.8 Å². The molecule has 0 bridgehead atoms. The summed E-state index contributed by atoms with van der Waals surface area (Å²) in [4.78, 5) is 42.8. The van der Waals surface area contributed by atoms with Crippen molar-refractivity contribution in [1.29, 1.82) is 0 Å². The fourth-order valence-electron chi connectivity index (χ4n) is 4.86. The Hall–Kier alpha value is -2.12. The second kappa shape index (κ2) is 17.4. The van der Waals surface area contributed by atoms with E-state index in [1.807, 2.05) is 41.5 Å². The number of benzene rings is 1. The molecular weight excluding hydrogens is 552 g/mol. The number of carbonyl (C=O) groups is 2. The molecule has 0 atom stereocenters. The molecule has 2 fully saturated rings. The quantitative estimate of drug-likeness (QED) is 0.199. The highest BCUT2D eigenvalue weighted by Crippen LogP contribution is 2.13. The Labute approximate surface area is 258 Å². The van der Waals surface area contributed by atoms with E-state index in [2.05, 4.69) is 39.0 Å². The lowest BCUT2D eigenvalue weighted by Gasteiger charge is -2.27. The van der Waals surface area contributed by atoms with Gasteiger partial charge in [-0.3, -0.25) is 29.1 Å². The fraction of sp³-hybridized carbons (Fsp3) is 0.750. The summed E-state index contributed by atoms with van der Waals surface area (Å²) in [7, 11) is 0. The van der Waals surface area contributed by atoms with Gasteiger partial charge in [-0.1, -0.05) is 29.5 Å². The molecule has 11 heteroatoms. The largest absolute Gasteiger partial charge is 0.459 e. The zero-order chi connectivity index (χ0) is 31.3. The number of rotatable bonds is 12. The van der Waals surface area contributed by atoms with E-state index in [4.69, 9.17) is 23.9 Å². The zero-order valence-electron chi connectivity index (χ0n) is 27.3. The maximum atomic E-state index is 12.6. The van der Waals surface area contributed by atoms with Crippen LogP contribution in [-0.4, -0.2) is 122 Å². The van der Waals surface area contributed by atoms with Crippen molar-refractivity contribution in [1.82, 2.24) is 19.9 Å². The standard InChI is InChI=1S/C32H54N4O7/c1-31(2,3)42-29(37)24-34-17-15-33(16-18-35(20-19-34)25-30(38)43-32(4,5)6)23-28-11-9-27(10-12-28)13-22-39-26-41-36-14-7-8-21-40-36/h9-12H,7-8,13-26H2,1-6H3. The molecule has 0 spiro atoms. The van der Waals surface area contributed by atoms with Crippen LogP contribution in [0.2, 0.25) is 0 Å². The molecule has 2 aliphatic rings. The smallest absolute Gasteiger partial charge is 0.320 e. The van der Waals surface area contributed by atoms with Crippen molar-refractivity contribution in [3.63, 3.8) is 0 Å². The first kappa shape index (κ1) is 35.4. The van der Waals surface area contributed by atoms with Gasteiger partial charge < -0.3 is 14.2 Å². The lowest BCUT2D eigenvalue weighted by molar-refractivity contribution is -0.400. The maximum absolute atomic E-state index is 12.6. The molecule has 2 aliphatic heterocycles. The van der Waals surface area contributed by atoms with Crippen LogP contribution in [-0.2, 0) is 46.4 Å². The van der Waals surface area contributed by atoms with Gasteiger partial charge >= 0.3 is 11.9 Å². The Bertz CT molecular complexity index is 929. The van der Waals surface area contributed by atoms with Crippen molar-refractivity contribution in [3.8, 4) is 0 Å². The summed E-state index contributed by atoms with van der Waals surface area (Å²) in [6.45, 7) is 19.1. The van der Waals surface area contributed by atoms with Crippen molar-refractivity contribution in [2.75, 3.05) is 78.9 Å². The van der Waals surface area contributed by atoms with Crippen LogP contribution in [0.3, 0.4) is 0 Å². The molecule has 43 heavy (non-hydrogen) atoms. The number of hydroxylamine groups is 2. The highest BCUT2D eigenvalue weighted by molar-refractivity contribution is 5.72. The number of esters is 2. The molecule has 1 aromatic carbocycles. The van der Waals surface area contributed by atoms with E-state index in [1.54, 1.807) is 0 Å². The summed E-state index contributed by atoms with van der Waals surface area (Å²) >= 11 is 0. The van der Waals surface area contributed by atoms with Crippen LogP contribution in [0.25, 0.3) is 0 Å². The first-order chi connectivity index (χ1) is 20.3. The van der Waals surface area contributed by atoms with Gasteiger partial charge in [-0.05, 0) is 71.9 Å². The Balaban J connectivity index is 1.53. The van der Waals surface area contributed by atoms with Crippen LogP contribution in [0.15, 0.2) is 24.3 Å². The van der Waals surface area contributed by atoms with Crippen molar-refractivity contribution in [2.45, 2.75) is 78.6 Å². The average Bonchev–Trinajstić information content (AvgIpc) is 2.99. The van der Waals surface area contributed by atoms with E-state index in [9.17, 15) is 9.59 Å². The lowest BCUT2D eigenvalue weighted by Crippen LogP contribution is -2.42. The highest BCUT2D eigenvalue weighted by Gasteiger charge is 2.24. The molecule has 0 amide bonds. The summed E-state index contributed by atoms with van der Waals surface area (Å²) in [5.74, 6) is -0.467. The van der Waals surface area contributed by atoms with Crippen LogP contribution in [0, 0.1) is 0 Å². The summed E-state index contributed by atoms with van der Waals surface area (Å²) in [5.41, 5.74) is 1.36. The summed E-state index contributed by atoms with van der Waals surface area (Å²) in [6, 6.07) is 8.62. The third-order valence-electron chi connectivity index (χ3n) is 6.96. The summed E-state index contributed by atoms with van der Waals surface area (Å²) in [5, 5.41) is 1.51. The third-order valence-corrected chi connectivity index (χ3v) is 6.96. The Morgan fingerprint density at radius 3 is 1.72 bits per heavy atom. The van der Waals surface area contributed by atoms with Gasteiger partial charge in [0.1, 0.15) is 11.2 Å². The van der Waals surface area contributed by atoms with Gasteiger partial charge in [-0.25, -0.2) is 4.84 Å². The third kappa shape index (κ3) is 15.4. The molecule has 0 saturated carbocycles. The van der Waals surface area contributed by atoms with Gasteiger partial charge in [-0.15, -0.1) is 0 Å². The number of carbonyl (C=O) groups excluding carboxylic acids is 2. The number of ether oxygens (including phenoxy) is 3. The van der Waals surface area contributed by atoms with Crippen molar-refractivity contribution in [2.24, 2.45) is 0 Å². The van der Waals surface area contributed by atoms with Crippen molar-refractivity contribution < 1.29 is 33.5 Å². The Morgan fingerprint density at radius 1 is 0.721 bits per heavy atom. The van der Waals surface area contributed by atoms with Crippen molar-refractivity contribution in [3.05, 3.63) is 35.4 Å². The minimum absolute atomic E-state index is 0.183. The Kier molecular flexibility index (Phi) is 14.3. The second-order valence-electron chi connectivity index (χ2n) is 13.3. The minimum atomic E-state index is -0.528. The van der Waals surface area contributed by atoms with Crippen LogP contribution in [0.5, 0.6) is 0 Å². The van der Waals surface area contributed by atoms with E-state index in [1.165, 1.54) is 16.4 Å². The molecule has 0 aromatic heterocycles. The number of hydrogen-bond acceptors (Lipinski definition) is 11. The molecule has 3 rings (SSSR count). The monoisotopic (exact) mass is 606 g/mol. The van der Waals surface area contributed by atoms with Crippen LogP contribution in [0.4, 0.5) is 0 Å². The lowest BCUT2D eigenvalue weighted by atomic mass is 10.1. The van der Waals surface area contributed by atoms with Gasteiger partial charge in [-0.2, -0.15) is 0 Å². The zero-order valence-corrected chi connectivity index (χ0v) is 27.3. The van der Waals surface area contributed by atoms with Gasteiger partial charge in [0.15, 0.2) is 6.79 Å². The molecule has 1 aromatic rings. The molecule has 11 nitrogen and oxygen atoms in total.